The molecule has 0 saturated heterocycles. The number of hydrogen-bond acceptors (Lipinski definition) is 5. The zero-order valence-corrected chi connectivity index (χ0v) is 21.0. The van der Waals surface area contributed by atoms with Crippen LogP contribution in [-0.4, -0.2) is 27.8 Å². The number of pyridine rings is 1. The number of benzene rings is 1. The summed E-state index contributed by atoms with van der Waals surface area (Å²) in [5.41, 5.74) is 0.803. The van der Waals surface area contributed by atoms with Gasteiger partial charge < -0.3 is 14.4 Å². The first-order valence-corrected chi connectivity index (χ1v) is 12.9. The molecule has 9 heteroatoms. The number of halogens is 3. The van der Waals surface area contributed by atoms with E-state index in [1.807, 2.05) is 6.08 Å². The summed E-state index contributed by atoms with van der Waals surface area (Å²) in [4.78, 5) is 15.1. The largest absolute Gasteiger partial charge is 0.492 e. The number of aryl methyl sites for hydroxylation is 1. The van der Waals surface area contributed by atoms with E-state index in [0.29, 0.717) is 41.1 Å². The van der Waals surface area contributed by atoms with Crippen molar-refractivity contribution in [1.82, 2.24) is 10.1 Å². The van der Waals surface area contributed by atoms with E-state index in [-0.39, 0.29) is 22.9 Å². The van der Waals surface area contributed by atoms with Gasteiger partial charge in [0.15, 0.2) is 5.69 Å². The molecule has 6 nitrogen and oxygen atoms in total. The quantitative estimate of drug-likeness (QED) is 0.326. The number of carbonyl (C=O) groups is 1. The maximum absolute atomic E-state index is 13.7. The second-order valence-corrected chi connectivity index (χ2v) is 10.2. The van der Waals surface area contributed by atoms with Crippen LogP contribution in [0.15, 0.2) is 47.1 Å². The van der Waals surface area contributed by atoms with Crippen LogP contribution in [0.4, 0.5) is 13.2 Å². The number of nitrogens with zero attached hydrogens (tertiary/aromatic N) is 2. The van der Waals surface area contributed by atoms with Crippen molar-refractivity contribution < 1.29 is 32.3 Å². The first-order valence-electron chi connectivity index (χ1n) is 12.9. The van der Waals surface area contributed by atoms with E-state index in [9.17, 15) is 18.0 Å². The van der Waals surface area contributed by atoms with Gasteiger partial charge in [0.1, 0.15) is 17.2 Å². The van der Waals surface area contributed by atoms with Crippen LogP contribution in [0.1, 0.15) is 77.4 Å². The lowest BCUT2D eigenvalue weighted by atomic mass is 9.82. The predicted octanol–water partition coefficient (Wildman–Crippen LogP) is 7.54. The summed E-state index contributed by atoms with van der Waals surface area (Å²) in [5.74, 6) is 1.05. The molecule has 2 saturated carbocycles. The molecule has 2 heterocycles. The highest BCUT2D eigenvalue weighted by Gasteiger charge is 2.37. The van der Waals surface area contributed by atoms with Gasteiger partial charge in [0.2, 0.25) is 0 Å². The molecule has 5 rings (SSSR count). The number of aromatic nitrogens is 2. The number of carboxylic acids is 1. The zero-order valence-electron chi connectivity index (χ0n) is 21.0. The smallest absolute Gasteiger partial charge is 0.417 e. The average molecular weight is 527 g/mol. The van der Waals surface area contributed by atoms with Crippen molar-refractivity contribution in [3.8, 4) is 17.0 Å². The minimum absolute atomic E-state index is 0.0207. The number of alkyl halides is 3. The molecule has 0 atom stereocenters. The fraction of sp³-hybridized carbons (Fsp3) is 0.414. The summed E-state index contributed by atoms with van der Waals surface area (Å²) >= 11 is 0. The van der Waals surface area contributed by atoms with Gasteiger partial charge in [0.25, 0.3) is 0 Å². The molecule has 0 aliphatic heterocycles. The fourth-order valence-electron chi connectivity index (χ4n) is 5.09. The van der Waals surface area contributed by atoms with E-state index in [2.05, 4.69) is 16.2 Å². The maximum Gasteiger partial charge on any atom is 0.417 e. The van der Waals surface area contributed by atoms with Crippen LogP contribution in [0.25, 0.3) is 17.3 Å². The van der Waals surface area contributed by atoms with E-state index in [0.717, 1.165) is 44.6 Å². The summed E-state index contributed by atoms with van der Waals surface area (Å²) in [7, 11) is 0. The van der Waals surface area contributed by atoms with Gasteiger partial charge in [0, 0.05) is 17.0 Å². The normalized spacial score (nSPS) is 20.1. The highest BCUT2D eigenvalue weighted by Crippen LogP contribution is 2.46. The second kappa shape index (κ2) is 10.6. The molecule has 2 aliphatic carbocycles. The van der Waals surface area contributed by atoms with Gasteiger partial charge in [-0.15, -0.1) is 0 Å². The fourth-order valence-corrected chi connectivity index (χ4v) is 5.09. The first-order chi connectivity index (χ1) is 18.2. The molecule has 2 fully saturated rings. The third-order valence-corrected chi connectivity index (χ3v) is 7.36. The minimum atomic E-state index is -4.48. The molecule has 2 aliphatic rings. The van der Waals surface area contributed by atoms with Crippen LogP contribution >= 0.6 is 0 Å². The Morgan fingerprint density at radius 2 is 1.89 bits per heavy atom. The highest BCUT2D eigenvalue weighted by molar-refractivity contribution is 5.87. The molecule has 200 valence electrons. The maximum atomic E-state index is 13.7. The van der Waals surface area contributed by atoms with Crippen LogP contribution in [0, 0.1) is 18.8 Å². The molecule has 0 amide bonds. The van der Waals surface area contributed by atoms with Gasteiger partial charge in [-0.25, -0.2) is 9.78 Å². The van der Waals surface area contributed by atoms with Crippen LogP contribution in [0.3, 0.4) is 0 Å². The first kappa shape index (κ1) is 26.0. The van der Waals surface area contributed by atoms with Gasteiger partial charge >= 0.3 is 12.1 Å². The SMILES string of the molecule is Cc1cc(OCC2CCC(/C=C/c3c(-c4ccccc4C(F)(F)F)noc3C3CC3)CC2)cnc1C(=O)O. The second-order valence-electron chi connectivity index (χ2n) is 10.2. The Hall–Kier alpha value is -3.62. The van der Waals surface area contributed by atoms with E-state index < -0.39 is 17.7 Å². The van der Waals surface area contributed by atoms with Gasteiger partial charge in [-0.1, -0.05) is 35.5 Å². The minimum Gasteiger partial charge on any atom is -0.492 e. The Kier molecular flexibility index (Phi) is 7.27. The summed E-state index contributed by atoms with van der Waals surface area (Å²) in [6.45, 7) is 2.22. The number of ether oxygens (including phenoxy) is 1. The van der Waals surface area contributed by atoms with Crippen molar-refractivity contribution in [3.05, 3.63) is 70.7 Å². The highest BCUT2D eigenvalue weighted by atomic mass is 19.4. The molecule has 0 radical (unpaired) electrons. The van der Waals surface area contributed by atoms with Crippen molar-refractivity contribution in [3.63, 3.8) is 0 Å². The van der Waals surface area contributed by atoms with E-state index >= 15 is 0 Å². The van der Waals surface area contributed by atoms with Crippen LogP contribution in [-0.2, 0) is 6.18 Å². The summed E-state index contributed by atoms with van der Waals surface area (Å²) in [6, 6.07) is 7.19. The Morgan fingerprint density at radius 1 is 1.16 bits per heavy atom. The Balaban J connectivity index is 1.24. The Bertz CT molecular complexity index is 1340. The molecule has 3 aromatic rings. The molecule has 2 aromatic heterocycles. The molecule has 1 aromatic carbocycles. The molecule has 1 N–H and O–H groups in total. The van der Waals surface area contributed by atoms with Gasteiger partial charge in [0.05, 0.1) is 18.4 Å². The number of carboxylic acid groups (broad SMARTS) is 1. The zero-order chi connectivity index (χ0) is 26.9. The summed E-state index contributed by atoms with van der Waals surface area (Å²) in [5, 5.41) is 13.2. The summed E-state index contributed by atoms with van der Waals surface area (Å²) in [6.07, 6.45) is 6.66. The molecule has 38 heavy (non-hydrogen) atoms. The van der Waals surface area contributed by atoms with Crippen molar-refractivity contribution in [1.29, 1.82) is 0 Å². The predicted molar refractivity (Wildman–Crippen MR) is 135 cm³/mol. The third kappa shape index (κ3) is 5.76. The van der Waals surface area contributed by atoms with Crippen LogP contribution in [0.2, 0.25) is 0 Å². The van der Waals surface area contributed by atoms with Crippen LogP contribution < -0.4 is 4.74 Å². The van der Waals surface area contributed by atoms with E-state index in [4.69, 9.17) is 14.4 Å². The van der Waals surface area contributed by atoms with E-state index in [1.165, 1.54) is 18.3 Å². The van der Waals surface area contributed by atoms with Crippen molar-refractivity contribution in [2.45, 2.75) is 57.5 Å². The standard InChI is InChI=1S/C29H29F3N2O4/c1-17-14-21(15-33-25(17)28(35)36)37-16-19-8-6-18(7-9-19)10-13-23-26(34-38-27(23)20-11-12-20)22-4-2-3-5-24(22)29(30,31)32/h2-5,10,13-15,18-20H,6-9,11-12,16H2,1H3,(H,35,36)/b13-10+. The van der Waals surface area contributed by atoms with Crippen molar-refractivity contribution in [2.75, 3.05) is 6.61 Å². The molecule has 0 spiro atoms. The number of aromatic carboxylic acids is 1. The van der Waals surface area contributed by atoms with Gasteiger partial charge in [-0.3, -0.25) is 0 Å². The van der Waals surface area contributed by atoms with Crippen molar-refractivity contribution in [2.24, 2.45) is 11.8 Å². The van der Waals surface area contributed by atoms with E-state index in [1.54, 1.807) is 19.1 Å². The van der Waals surface area contributed by atoms with Gasteiger partial charge in [-0.2, -0.15) is 13.2 Å². The lowest BCUT2D eigenvalue weighted by Gasteiger charge is -2.26. The molecule has 0 unspecified atom stereocenters. The number of rotatable bonds is 8. The topological polar surface area (TPSA) is 85.5 Å². The molecular formula is C29H29F3N2O4. The Morgan fingerprint density at radius 3 is 2.55 bits per heavy atom. The molecular weight excluding hydrogens is 497 g/mol. The molecule has 0 bridgehead atoms. The third-order valence-electron chi connectivity index (χ3n) is 7.36. The Labute approximate surface area is 218 Å². The lowest BCUT2D eigenvalue weighted by Crippen LogP contribution is -2.19. The summed E-state index contributed by atoms with van der Waals surface area (Å²) < 4.78 is 52.5. The van der Waals surface area contributed by atoms with Gasteiger partial charge in [-0.05, 0) is 75.0 Å². The number of hydrogen-bond donors (Lipinski definition) is 1. The monoisotopic (exact) mass is 526 g/mol. The average Bonchev–Trinajstić information content (AvgIpc) is 3.65. The number of allylic oxidation sites excluding steroid dienone is 1. The van der Waals surface area contributed by atoms with Crippen molar-refractivity contribution >= 4 is 12.0 Å². The van der Waals surface area contributed by atoms with Crippen LogP contribution in [0.5, 0.6) is 5.75 Å². The lowest BCUT2D eigenvalue weighted by molar-refractivity contribution is -0.137.